The van der Waals surface area contributed by atoms with E-state index in [-0.39, 0.29) is 30.9 Å². The lowest BCUT2D eigenvalue weighted by atomic mass is 10.0. The molecule has 0 aliphatic carbocycles. The lowest BCUT2D eigenvalue weighted by Gasteiger charge is -2.32. The Bertz CT molecular complexity index is 628. The van der Waals surface area contributed by atoms with Crippen molar-refractivity contribution in [3.8, 4) is 0 Å². The summed E-state index contributed by atoms with van der Waals surface area (Å²) in [6.07, 6.45) is 2.09. The molecule has 3 rings (SSSR count). The standard InChI is InChI=1S/C17H22N4O3/c1-18-14-3-2-8-20(11-14)16(23)13-6-4-12(5-7-13)10-21-15(22)9-19-17(21)24/h4-7,14,18H,2-3,8-11H2,1H3,(H,19,24)/t14-/m0/s1. The molecule has 0 radical (unpaired) electrons. The van der Waals surface area contributed by atoms with Gasteiger partial charge in [0.25, 0.3) is 5.91 Å². The van der Waals surface area contributed by atoms with Gasteiger partial charge in [0.2, 0.25) is 5.91 Å². The molecular weight excluding hydrogens is 308 g/mol. The summed E-state index contributed by atoms with van der Waals surface area (Å²) in [6.45, 7) is 1.78. The van der Waals surface area contributed by atoms with Crippen LogP contribution >= 0.6 is 0 Å². The molecule has 0 saturated carbocycles. The van der Waals surface area contributed by atoms with Gasteiger partial charge in [-0.05, 0) is 37.6 Å². The Morgan fingerprint density at radius 2 is 2.04 bits per heavy atom. The first kappa shape index (κ1) is 16.4. The van der Waals surface area contributed by atoms with Crippen molar-refractivity contribution in [2.24, 2.45) is 0 Å². The first-order valence-corrected chi connectivity index (χ1v) is 8.22. The van der Waals surface area contributed by atoms with Gasteiger partial charge in [-0.3, -0.25) is 14.5 Å². The zero-order valence-corrected chi connectivity index (χ0v) is 13.7. The predicted molar refractivity (Wildman–Crippen MR) is 88.4 cm³/mol. The molecule has 2 heterocycles. The van der Waals surface area contributed by atoms with Crippen LogP contribution in [0, 0.1) is 0 Å². The summed E-state index contributed by atoms with van der Waals surface area (Å²) < 4.78 is 0. The second-order valence-corrected chi connectivity index (χ2v) is 6.21. The SMILES string of the molecule is CN[C@H]1CCCN(C(=O)c2ccc(CN3C(=O)CNC3=O)cc2)C1. The highest BCUT2D eigenvalue weighted by Crippen LogP contribution is 2.15. The van der Waals surface area contributed by atoms with E-state index in [0.717, 1.165) is 31.5 Å². The number of imide groups is 1. The first-order chi connectivity index (χ1) is 11.6. The van der Waals surface area contributed by atoms with Gasteiger partial charge in [-0.1, -0.05) is 12.1 Å². The van der Waals surface area contributed by atoms with E-state index < -0.39 is 0 Å². The molecular formula is C17H22N4O3. The second kappa shape index (κ2) is 7.00. The number of likely N-dealkylation sites (N-methyl/N-ethyl adjacent to an activating group) is 1. The average Bonchev–Trinajstić information content (AvgIpc) is 2.94. The molecule has 7 nitrogen and oxygen atoms in total. The number of carbonyl (C=O) groups excluding carboxylic acids is 3. The number of hydrogen-bond acceptors (Lipinski definition) is 4. The van der Waals surface area contributed by atoms with Gasteiger partial charge in [0, 0.05) is 24.7 Å². The van der Waals surface area contributed by atoms with E-state index in [1.807, 2.05) is 11.9 Å². The van der Waals surface area contributed by atoms with Gasteiger partial charge < -0.3 is 15.5 Å². The summed E-state index contributed by atoms with van der Waals surface area (Å²) >= 11 is 0. The summed E-state index contributed by atoms with van der Waals surface area (Å²) in [7, 11) is 1.92. The van der Waals surface area contributed by atoms with Gasteiger partial charge in [-0.2, -0.15) is 0 Å². The molecule has 2 N–H and O–H groups in total. The average molecular weight is 330 g/mol. The summed E-state index contributed by atoms with van der Waals surface area (Å²) in [4.78, 5) is 38.8. The van der Waals surface area contributed by atoms with Gasteiger partial charge in [0.15, 0.2) is 0 Å². The number of amides is 4. The molecule has 7 heteroatoms. The van der Waals surface area contributed by atoms with E-state index in [2.05, 4.69) is 10.6 Å². The summed E-state index contributed by atoms with van der Waals surface area (Å²) in [5.74, 6) is -0.205. The van der Waals surface area contributed by atoms with Crippen LogP contribution in [-0.2, 0) is 11.3 Å². The normalized spacial score (nSPS) is 21.1. The lowest BCUT2D eigenvalue weighted by Crippen LogP contribution is -2.46. The molecule has 1 atom stereocenters. The molecule has 0 bridgehead atoms. The number of nitrogens with one attached hydrogen (secondary N) is 2. The highest BCUT2D eigenvalue weighted by molar-refractivity contribution is 6.01. The molecule has 0 spiro atoms. The van der Waals surface area contributed by atoms with Crippen molar-refractivity contribution < 1.29 is 14.4 Å². The van der Waals surface area contributed by atoms with Crippen molar-refractivity contribution in [1.29, 1.82) is 0 Å². The molecule has 1 aromatic carbocycles. The third-order valence-corrected chi connectivity index (χ3v) is 4.60. The number of hydrogen-bond donors (Lipinski definition) is 2. The van der Waals surface area contributed by atoms with Crippen molar-refractivity contribution in [2.45, 2.75) is 25.4 Å². The van der Waals surface area contributed by atoms with Crippen LogP contribution < -0.4 is 10.6 Å². The zero-order valence-electron chi connectivity index (χ0n) is 13.7. The third-order valence-electron chi connectivity index (χ3n) is 4.60. The molecule has 2 saturated heterocycles. The molecule has 4 amide bonds. The molecule has 0 aromatic heterocycles. The van der Waals surface area contributed by atoms with Gasteiger partial charge in [0.05, 0.1) is 13.1 Å². The monoisotopic (exact) mass is 330 g/mol. The first-order valence-electron chi connectivity index (χ1n) is 8.22. The number of benzene rings is 1. The Kier molecular flexibility index (Phi) is 4.80. The van der Waals surface area contributed by atoms with Crippen LogP contribution in [0.3, 0.4) is 0 Å². The van der Waals surface area contributed by atoms with E-state index in [4.69, 9.17) is 0 Å². The maximum absolute atomic E-state index is 12.6. The number of urea groups is 1. The van der Waals surface area contributed by atoms with Crippen LogP contribution in [-0.4, -0.2) is 60.4 Å². The Morgan fingerprint density at radius 1 is 1.29 bits per heavy atom. The number of carbonyl (C=O) groups is 3. The topological polar surface area (TPSA) is 81.8 Å². The van der Waals surface area contributed by atoms with E-state index >= 15 is 0 Å². The highest BCUT2D eigenvalue weighted by Gasteiger charge is 2.28. The largest absolute Gasteiger partial charge is 0.337 e. The lowest BCUT2D eigenvalue weighted by molar-refractivity contribution is -0.125. The van der Waals surface area contributed by atoms with Gasteiger partial charge in [-0.15, -0.1) is 0 Å². The molecule has 128 valence electrons. The Hall–Kier alpha value is -2.41. The smallest absolute Gasteiger partial charge is 0.324 e. The fraction of sp³-hybridized carbons (Fsp3) is 0.471. The van der Waals surface area contributed by atoms with E-state index in [0.29, 0.717) is 11.6 Å². The fourth-order valence-corrected chi connectivity index (χ4v) is 3.13. The molecule has 1 aromatic rings. The van der Waals surface area contributed by atoms with Crippen LogP contribution in [0.1, 0.15) is 28.8 Å². The fourth-order valence-electron chi connectivity index (χ4n) is 3.13. The van der Waals surface area contributed by atoms with Crippen molar-refractivity contribution in [3.05, 3.63) is 35.4 Å². The summed E-state index contributed by atoms with van der Waals surface area (Å²) in [6, 6.07) is 7.10. The third kappa shape index (κ3) is 3.41. The van der Waals surface area contributed by atoms with Crippen LogP contribution in [0.4, 0.5) is 4.79 Å². The summed E-state index contributed by atoms with van der Waals surface area (Å²) in [5.41, 5.74) is 1.45. The van der Waals surface area contributed by atoms with Crippen molar-refractivity contribution in [1.82, 2.24) is 20.4 Å². The Labute approximate surface area is 141 Å². The maximum atomic E-state index is 12.6. The minimum absolute atomic E-state index is 0.0245. The predicted octanol–water partition coefficient (Wildman–Crippen LogP) is 0.562. The maximum Gasteiger partial charge on any atom is 0.324 e. The quantitative estimate of drug-likeness (QED) is 0.791. The molecule has 2 aliphatic rings. The van der Waals surface area contributed by atoms with Gasteiger partial charge in [0.1, 0.15) is 0 Å². The van der Waals surface area contributed by atoms with Crippen molar-refractivity contribution in [2.75, 3.05) is 26.7 Å². The van der Waals surface area contributed by atoms with Crippen LogP contribution in [0.15, 0.2) is 24.3 Å². The van der Waals surface area contributed by atoms with Crippen molar-refractivity contribution in [3.63, 3.8) is 0 Å². The van der Waals surface area contributed by atoms with Crippen LogP contribution in [0.25, 0.3) is 0 Å². The van der Waals surface area contributed by atoms with Gasteiger partial charge in [-0.25, -0.2) is 4.79 Å². The van der Waals surface area contributed by atoms with E-state index in [1.54, 1.807) is 24.3 Å². The van der Waals surface area contributed by atoms with Crippen LogP contribution in [0.2, 0.25) is 0 Å². The number of likely N-dealkylation sites (tertiary alicyclic amines) is 1. The second-order valence-electron chi connectivity index (χ2n) is 6.21. The zero-order chi connectivity index (χ0) is 17.1. The van der Waals surface area contributed by atoms with E-state index in [1.165, 1.54) is 4.90 Å². The molecule has 2 aliphatic heterocycles. The van der Waals surface area contributed by atoms with Crippen LogP contribution in [0.5, 0.6) is 0 Å². The van der Waals surface area contributed by atoms with E-state index in [9.17, 15) is 14.4 Å². The number of nitrogens with zero attached hydrogens (tertiary/aromatic N) is 2. The minimum Gasteiger partial charge on any atom is -0.337 e. The Morgan fingerprint density at radius 3 is 2.67 bits per heavy atom. The molecule has 0 unspecified atom stereocenters. The minimum atomic E-state index is -0.369. The van der Waals surface area contributed by atoms with Crippen molar-refractivity contribution >= 4 is 17.8 Å². The summed E-state index contributed by atoms with van der Waals surface area (Å²) in [5, 5.41) is 5.72. The Balaban J connectivity index is 1.64. The molecule has 2 fully saturated rings. The highest BCUT2D eigenvalue weighted by atomic mass is 16.2. The number of rotatable bonds is 4. The number of piperidine rings is 1. The van der Waals surface area contributed by atoms with Gasteiger partial charge >= 0.3 is 6.03 Å². The molecule has 24 heavy (non-hydrogen) atoms.